The van der Waals surface area contributed by atoms with E-state index < -0.39 is 0 Å². The van der Waals surface area contributed by atoms with Gasteiger partial charge in [-0.2, -0.15) is 0 Å². The molecule has 0 spiro atoms. The minimum absolute atomic E-state index is 0.0179. The number of nitrogens with zero attached hydrogens (tertiary/aromatic N) is 1. The summed E-state index contributed by atoms with van der Waals surface area (Å²) >= 11 is 0. The predicted octanol–water partition coefficient (Wildman–Crippen LogP) is 8.51. The zero-order chi connectivity index (χ0) is 22.2. The highest BCUT2D eigenvalue weighted by Gasteiger charge is 2.36. The molecule has 1 nitrogen and oxygen atoms in total. The summed E-state index contributed by atoms with van der Waals surface area (Å²) in [6.45, 7) is 4.60. The molecule has 0 unspecified atom stereocenters. The molecule has 0 bridgehead atoms. The summed E-state index contributed by atoms with van der Waals surface area (Å²) in [4.78, 5) is 5.21. The van der Waals surface area contributed by atoms with Crippen LogP contribution in [0, 0.1) is 0 Å². The van der Waals surface area contributed by atoms with Gasteiger partial charge in [0.2, 0.25) is 0 Å². The van der Waals surface area contributed by atoms with Crippen molar-refractivity contribution in [1.29, 1.82) is 0 Å². The fourth-order valence-corrected chi connectivity index (χ4v) is 5.78. The zero-order valence-electron chi connectivity index (χ0n) is 18.8. The summed E-state index contributed by atoms with van der Waals surface area (Å²) in [5, 5.41) is 7.78. The fourth-order valence-electron chi connectivity index (χ4n) is 5.78. The average molecular weight is 422 g/mol. The summed E-state index contributed by atoms with van der Waals surface area (Å²) in [7, 11) is 0. The third kappa shape index (κ3) is 2.51. The van der Waals surface area contributed by atoms with Crippen LogP contribution in [0.25, 0.3) is 54.8 Å². The molecule has 1 heteroatoms. The van der Waals surface area contributed by atoms with Crippen LogP contribution in [0.2, 0.25) is 0 Å². The first kappa shape index (κ1) is 18.6. The van der Waals surface area contributed by atoms with E-state index in [9.17, 15) is 0 Å². The van der Waals surface area contributed by atoms with Crippen LogP contribution >= 0.6 is 0 Å². The molecule has 33 heavy (non-hydrogen) atoms. The van der Waals surface area contributed by atoms with Gasteiger partial charge in [0.15, 0.2) is 0 Å². The van der Waals surface area contributed by atoms with E-state index in [1.165, 1.54) is 49.0 Å². The first-order chi connectivity index (χ1) is 16.1. The molecule has 1 heterocycles. The smallest absolute Gasteiger partial charge is 0.0753 e. The molecule has 1 aliphatic rings. The Morgan fingerprint density at radius 1 is 0.515 bits per heavy atom. The van der Waals surface area contributed by atoms with Gasteiger partial charge in [-0.1, -0.05) is 105 Å². The van der Waals surface area contributed by atoms with Crippen molar-refractivity contribution in [2.75, 3.05) is 0 Å². The number of hydrogen-bond acceptors (Lipinski definition) is 1. The van der Waals surface area contributed by atoms with Crippen LogP contribution in [0.5, 0.6) is 0 Å². The Labute approximate surface area is 193 Å². The van der Waals surface area contributed by atoms with Crippen molar-refractivity contribution >= 4 is 32.3 Å². The van der Waals surface area contributed by atoms with E-state index in [1.807, 2.05) is 0 Å². The molecule has 0 aliphatic heterocycles. The third-order valence-corrected chi connectivity index (χ3v) is 7.46. The molecule has 0 amide bonds. The molecule has 0 atom stereocenters. The number of rotatable bonds is 1. The number of pyridine rings is 1. The van der Waals surface area contributed by atoms with Crippen molar-refractivity contribution in [1.82, 2.24) is 4.98 Å². The van der Waals surface area contributed by atoms with E-state index >= 15 is 0 Å². The van der Waals surface area contributed by atoms with E-state index in [-0.39, 0.29) is 5.41 Å². The molecule has 7 rings (SSSR count). The van der Waals surface area contributed by atoms with Gasteiger partial charge in [-0.15, -0.1) is 0 Å². The summed E-state index contributed by atoms with van der Waals surface area (Å²) in [6, 6.07) is 37.4. The van der Waals surface area contributed by atoms with Crippen LogP contribution < -0.4 is 0 Å². The van der Waals surface area contributed by atoms with Gasteiger partial charge in [0.1, 0.15) is 0 Å². The molecule has 1 aromatic heterocycles. The van der Waals surface area contributed by atoms with Gasteiger partial charge in [-0.3, -0.25) is 0 Å². The lowest BCUT2D eigenvalue weighted by Crippen LogP contribution is -2.14. The second kappa shape index (κ2) is 6.52. The van der Waals surface area contributed by atoms with Crippen LogP contribution in [-0.2, 0) is 5.41 Å². The molecule has 156 valence electrons. The molecule has 5 aromatic carbocycles. The van der Waals surface area contributed by atoms with E-state index in [0.29, 0.717) is 0 Å². The standard InChI is InChI=1S/C32H23N/c1-32(2)28-14-8-7-13-26(28)31-29(32)17-18-30(33-31)20-15-16-25-23-11-4-3-9-21(23)22-10-5-6-12-24(22)27(25)19-20/h3-19H,1-2H3. The van der Waals surface area contributed by atoms with Crippen molar-refractivity contribution in [2.24, 2.45) is 0 Å². The highest BCUT2D eigenvalue weighted by atomic mass is 14.7. The van der Waals surface area contributed by atoms with Crippen LogP contribution in [0.1, 0.15) is 25.0 Å². The SMILES string of the molecule is CC1(C)c2ccccc2-c2nc(-c3ccc4c5ccccc5c5ccccc5c4c3)ccc21. The van der Waals surface area contributed by atoms with E-state index in [2.05, 4.69) is 117 Å². The number of fused-ring (bicyclic) bond motifs is 9. The van der Waals surface area contributed by atoms with Crippen LogP contribution in [0.3, 0.4) is 0 Å². The monoisotopic (exact) mass is 421 g/mol. The molecule has 0 saturated carbocycles. The van der Waals surface area contributed by atoms with E-state index in [4.69, 9.17) is 4.98 Å². The Bertz CT molecular complexity index is 1700. The average Bonchev–Trinajstić information content (AvgIpc) is 3.10. The van der Waals surface area contributed by atoms with Crippen molar-refractivity contribution in [3.8, 4) is 22.5 Å². The third-order valence-electron chi connectivity index (χ3n) is 7.46. The van der Waals surface area contributed by atoms with Gasteiger partial charge in [0.25, 0.3) is 0 Å². The van der Waals surface area contributed by atoms with Gasteiger partial charge in [0.05, 0.1) is 11.4 Å². The molecule has 1 aliphatic carbocycles. The highest BCUT2D eigenvalue weighted by molar-refractivity contribution is 6.25. The second-order valence-corrected chi connectivity index (χ2v) is 9.61. The van der Waals surface area contributed by atoms with Gasteiger partial charge >= 0.3 is 0 Å². The maximum atomic E-state index is 5.21. The van der Waals surface area contributed by atoms with Gasteiger partial charge < -0.3 is 0 Å². The minimum atomic E-state index is -0.0179. The molecule has 0 N–H and O–H groups in total. The quantitative estimate of drug-likeness (QED) is 0.242. The van der Waals surface area contributed by atoms with Crippen molar-refractivity contribution in [3.05, 3.63) is 114 Å². The Morgan fingerprint density at radius 2 is 1.09 bits per heavy atom. The molecular formula is C32H23N. The second-order valence-electron chi connectivity index (χ2n) is 9.61. The minimum Gasteiger partial charge on any atom is -0.247 e. The predicted molar refractivity (Wildman–Crippen MR) is 140 cm³/mol. The highest BCUT2D eigenvalue weighted by Crippen LogP contribution is 2.48. The summed E-state index contributed by atoms with van der Waals surface area (Å²) in [6.07, 6.45) is 0. The molecule has 0 fully saturated rings. The number of hydrogen-bond donors (Lipinski definition) is 0. The maximum absolute atomic E-state index is 5.21. The molecule has 6 aromatic rings. The summed E-state index contributed by atoms with van der Waals surface area (Å²) in [5.41, 5.74) is 7.22. The van der Waals surface area contributed by atoms with Gasteiger partial charge in [0, 0.05) is 16.5 Å². The van der Waals surface area contributed by atoms with Crippen molar-refractivity contribution < 1.29 is 0 Å². The molecule has 0 radical (unpaired) electrons. The number of benzene rings is 5. The van der Waals surface area contributed by atoms with Gasteiger partial charge in [-0.25, -0.2) is 4.98 Å². The molecule has 0 saturated heterocycles. The molecular weight excluding hydrogens is 398 g/mol. The van der Waals surface area contributed by atoms with Crippen LogP contribution in [0.4, 0.5) is 0 Å². The van der Waals surface area contributed by atoms with Crippen LogP contribution in [0.15, 0.2) is 103 Å². The Hall–Kier alpha value is -3.97. The van der Waals surface area contributed by atoms with Gasteiger partial charge in [-0.05, 0) is 55.6 Å². The Kier molecular flexibility index (Phi) is 3.67. The zero-order valence-corrected chi connectivity index (χ0v) is 18.8. The Morgan fingerprint density at radius 3 is 1.79 bits per heavy atom. The fraction of sp³-hybridized carbons (Fsp3) is 0.0938. The summed E-state index contributed by atoms with van der Waals surface area (Å²) < 4.78 is 0. The summed E-state index contributed by atoms with van der Waals surface area (Å²) in [5.74, 6) is 0. The lowest BCUT2D eigenvalue weighted by molar-refractivity contribution is 0.659. The number of aromatic nitrogens is 1. The lowest BCUT2D eigenvalue weighted by atomic mass is 9.83. The van der Waals surface area contributed by atoms with Crippen molar-refractivity contribution in [2.45, 2.75) is 19.3 Å². The maximum Gasteiger partial charge on any atom is 0.0753 e. The Balaban J connectivity index is 1.50. The van der Waals surface area contributed by atoms with E-state index in [0.717, 1.165) is 17.0 Å². The largest absolute Gasteiger partial charge is 0.247 e. The first-order valence-electron chi connectivity index (χ1n) is 11.6. The van der Waals surface area contributed by atoms with Crippen molar-refractivity contribution in [3.63, 3.8) is 0 Å². The van der Waals surface area contributed by atoms with E-state index in [1.54, 1.807) is 0 Å². The topological polar surface area (TPSA) is 12.9 Å². The first-order valence-corrected chi connectivity index (χ1v) is 11.6. The normalized spacial score (nSPS) is 14.0. The lowest BCUT2D eigenvalue weighted by Gasteiger charge is -2.20. The van der Waals surface area contributed by atoms with Crippen LogP contribution in [-0.4, -0.2) is 4.98 Å².